The van der Waals surface area contributed by atoms with E-state index < -0.39 is 125 Å². The quantitative estimate of drug-likeness (QED) is 0.162. The molecule has 75 heavy (non-hydrogen) atoms. The fourth-order valence-electron chi connectivity index (χ4n) is 11.6. The summed E-state index contributed by atoms with van der Waals surface area (Å²) >= 11 is 0. The Bertz CT molecular complexity index is 2230. The summed E-state index contributed by atoms with van der Waals surface area (Å²) in [4.78, 5) is 18.5. The maximum absolute atomic E-state index is 14.9. The third kappa shape index (κ3) is 14.9. The molecule has 3 fully saturated rings. The number of benzene rings is 1. The van der Waals surface area contributed by atoms with Crippen molar-refractivity contribution in [3.05, 3.63) is 41.7 Å². The molecule has 0 unspecified atom stereocenters. The number of methoxy groups -OCH3 is 2. The number of aromatic nitrogens is 3. The summed E-state index contributed by atoms with van der Waals surface area (Å²) in [6.45, 7) is 17.9. The molecule has 2 aromatic rings. The van der Waals surface area contributed by atoms with Crippen LogP contribution in [0.4, 0.5) is 4.39 Å². The molecule has 3 saturated heterocycles. The lowest BCUT2D eigenvalue weighted by molar-refractivity contribution is -0.310. The number of nitrogens with zero attached hydrogens (tertiary/aromatic N) is 6. The van der Waals surface area contributed by atoms with Crippen LogP contribution < -0.4 is 0 Å². The van der Waals surface area contributed by atoms with Crippen molar-refractivity contribution in [3.63, 3.8) is 0 Å². The maximum Gasteiger partial charge on any atom is 0.311 e. The molecule has 5 rings (SSSR count). The Hall–Kier alpha value is -2.81. The smallest absolute Gasteiger partial charge is 0.311 e. The molecule has 3 aliphatic heterocycles. The highest BCUT2D eigenvalue weighted by Crippen LogP contribution is 2.40. The van der Waals surface area contributed by atoms with E-state index in [0.717, 1.165) is 4.31 Å². The van der Waals surface area contributed by atoms with E-state index in [-0.39, 0.29) is 29.8 Å². The van der Waals surface area contributed by atoms with Crippen molar-refractivity contribution in [2.24, 2.45) is 17.8 Å². The van der Waals surface area contributed by atoms with E-state index in [1.807, 2.05) is 58.5 Å². The van der Waals surface area contributed by atoms with Crippen LogP contribution in [0, 0.1) is 17.8 Å². The van der Waals surface area contributed by atoms with E-state index >= 15 is 0 Å². The van der Waals surface area contributed by atoms with Gasteiger partial charge in [-0.25, -0.2) is 21.8 Å². The molecule has 0 amide bonds. The van der Waals surface area contributed by atoms with Gasteiger partial charge in [-0.2, -0.15) is 0 Å². The first-order chi connectivity index (χ1) is 34.9. The van der Waals surface area contributed by atoms with Crippen LogP contribution in [-0.4, -0.2) is 210 Å². The van der Waals surface area contributed by atoms with Crippen molar-refractivity contribution >= 4 is 16.0 Å². The molecule has 20 nitrogen and oxygen atoms in total. The molecule has 0 aliphatic carbocycles. The summed E-state index contributed by atoms with van der Waals surface area (Å²) in [6.07, 6.45) is -5.62. The molecule has 0 spiro atoms. The first-order valence-corrected chi connectivity index (χ1v) is 28.0. The fraction of sp³-hybridized carbons (Fsp3) is 0.830. The summed E-state index contributed by atoms with van der Waals surface area (Å²) in [6, 6.07) is 4.11. The topological polar surface area (TPSA) is 237 Å². The molecular weight excluding hydrogens is 996 g/mol. The van der Waals surface area contributed by atoms with Gasteiger partial charge in [0.1, 0.15) is 42.7 Å². The van der Waals surface area contributed by atoms with Crippen molar-refractivity contribution in [1.82, 2.24) is 29.1 Å². The molecule has 0 bridgehead atoms. The molecule has 0 saturated carbocycles. The Balaban J connectivity index is 1.42. The number of halogens is 1. The third-order valence-corrected chi connectivity index (χ3v) is 18.0. The lowest BCUT2D eigenvalue weighted by atomic mass is 9.77. The average molecular weight is 1090 g/mol. The van der Waals surface area contributed by atoms with Gasteiger partial charge >= 0.3 is 5.97 Å². The molecule has 22 heteroatoms. The van der Waals surface area contributed by atoms with Gasteiger partial charge in [0.05, 0.1) is 52.1 Å². The van der Waals surface area contributed by atoms with Crippen molar-refractivity contribution < 1.29 is 71.2 Å². The number of aliphatic hydroxyl groups is 4. The number of ether oxygens (including phenoxy) is 7. The molecule has 1 aromatic carbocycles. The number of rotatable bonds is 17. The zero-order valence-corrected chi connectivity index (χ0v) is 48.1. The Morgan fingerprint density at radius 3 is 2.19 bits per heavy atom. The highest BCUT2D eigenvalue weighted by atomic mass is 32.2. The van der Waals surface area contributed by atoms with Gasteiger partial charge in [-0.15, -0.1) is 5.10 Å². The first kappa shape index (κ1) is 63.0. The van der Waals surface area contributed by atoms with Crippen LogP contribution in [-0.2, 0) is 54.4 Å². The highest BCUT2D eigenvalue weighted by molar-refractivity contribution is 7.89. The maximum atomic E-state index is 14.9. The van der Waals surface area contributed by atoms with E-state index in [4.69, 9.17) is 33.2 Å². The van der Waals surface area contributed by atoms with Gasteiger partial charge in [0.25, 0.3) is 0 Å². The fourth-order valence-corrected chi connectivity index (χ4v) is 12.5. The second-order valence-corrected chi connectivity index (χ2v) is 25.0. The molecule has 4 heterocycles. The number of aliphatic hydroxyl groups excluding tert-OH is 2. The third-order valence-electron chi connectivity index (χ3n) is 16.2. The Kier molecular flexibility index (Phi) is 21.8. The van der Waals surface area contributed by atoms with Crippen LogP contribution >= 0.6 is 0 Å². The number of alkyl halides is 1. The van der Waals surface area contributed by atoms with E-state index in [1.54, 1.807) is 53.1 Å². The number of sulfonamides is 1. The standard InChI is InChI=1S/C53H91FN6O14S/c1-17-42-53(10,65)47(62)36(7)59(14)29-31(2)25-52(9,64)48(34(5)45(35(6)49(63)72-42)73-43-27-51(8,69-16)26-33(4)70-43)74-50-44(61)40(24-32(3)71-50)58(13)23-22-38-30-60(56-55-38)41(28-54)46(68-15)37-18-20-39(21-19-37)75(66,67)57(11)12/h18-21,30-36,40-48,50,61-62,64-65H,17,22-29H2,1-16H3/t31-,32-,33+,34+,35-,36-,40+,41-,42-,43+,44-,45+,46-,47-,48-,50+,51+,52-,53-/m1/s1. The Morgan fingerprint density at radius 1 is 0.947 bits per heavy atom. The van der Waals surface area contributed by atoms with Gasteiger partial charge in [-0.3, -0.25) is 4.79 Å². The number of hydrogen-bond acceptors (Lipinski definition) is 18. The zero-order valence-electron chi connectivity index (χ0n) is 47.3. The average Bonchev–Trinajstić information content (AvgIpc) is 3.82. The van der Waals surface area contributed by atoms with Crippen molar-refractivity contribution in [1.29, 1.82) is 0 Å². The zero-order chi connectivity index (χ0) is 56.1. The molecule has 19 atom stereocenters. The van der Waals surface area contributed by atoms with Gasteiger partial charge in [0.15, 0.2) is 12.6 Å². The minimum Gasteiger partial charge on any atom is -0.459 e. The second kappa shape index (κ2) is 26.0. The summed E-state index contributed by atoms with van der Waals surface area (Å²) in [5.41, 5.74) is -2.96. The first-order valence-electron chi connectivity index (χ1n) is 26.6. The van der Waals surface area contributed by atoms with Crippen LogP contribution in [0.2, 0.25) is 0 Å². The number of carbonyl (C=O) groups is 1. The van der Waals surface area contributed by atoms with Gasteiger partial charge in [-0.05, 0) is 105 Å². The SMILES string of the molecule is CC[C@H]1OC(=O)[C@H](C)[C@@H](O[C@H]2C[C@@](C)(OC)C[C@H](C)O2)[C@H](C)[C@@H](O[C@@H]2O[C@H](C)C[C@H](N(C)CCc3cn([C@H](CF)[C@H](OC)c4ccc(S(=O)(=O)N(C)C)cc4)nn3)[C@H]2O)[C@](C)(O)C[C@@H](C)CN(C)[C@H](C)[C@@H](O)[C@]1(C)O. The molecule has 1 aromatic heterocycles. The number of likely N-dealkylation sites (N-methyl/N-ethyl adjacent to an activating group) is 2. The summed E-state index contributed by atoms with van der Waals surface area (Å²) in [5.74, 6) is -2.73. The summed E-state index contributed by atoms with van der Waals surface area (Å²) < 4.78 is 87.1. The number of cyclic esters (lactones) is 1. The monoisotopic (exact) mass is 1090 g/mol. The normalized spacial score (nSPS) is 38.2. The van der Waals surface area contributed by atoms with Crippen LogP contribution in [0.1, 0.15) is 125 Å². The number of hydrogen-bond donors (Lipinski definition) is 4. The minimum atomic E-state index is -3.67. The molecule has 3 aliphatic rings. The second-order valence-electron chi connectivity index (χ2n) is 22.9. The van der Waals surface area contributed by atoms with Gasteiger partial charge in [-0.1, -0.05) is 38.1 Å². The minimum absolute atomic E-state index is 0.0932. The summed E-state index contributed by atoms with van der Waals surface area (Å²) in [5, 5.41) is 57.3. The lowest BCUT2D eigenvalue weighted by Gasteiger charge is -2.48. The van der Waals surface area contributed by atoms with Gasteiger partial charge < -0.3 is 63.4 Å². The lowest BCUT2D eigenvalue weighted by Crippen LogP contribution is -2.60. The highest BCUT2D eigenvalue weighted by Gasteiger charge is 2.52. The van der Waals surface area contributed by atoms with Crippen molar-refractivity contribution in [2.45, 2.75) is 209 Å². The van der Waals surface area contributed by atoms with Crippen LogP contribution in [0.3, 0.4) is 0 Å². The van der Waals surface area contributed by atoms with Crippen molar-refractivity contribution in [2.75, 3.05) is 62.2 Å². The van der Waals surface area contributed by atoms with E-state index in [0.29, 0.717) is 50.0 Å². The van der Waals surface area contributed by atoms with Gasteiger partial charge in [0.2, 0.25) is 10.0 Å². The number of esters is 1. The largest absolute Gasteiger partial charge is 0.459 e. The van der Waals surface area contributed by atoms with E-state index in [2.05, 4.69) is 10.3 Å². The van der Waals surface area contributed by atoms with Crippen LogP contribution in [0.5, 0.6) is 0 Å². The predicted octanol–water partition coefficient (Wildman–Crippen LogP) is 4.28. The van der Waals surface area contributed by atoms with Crippen LogP contribution in [0.25, 0.3) is 0 Å². The van der Waals surface area contributed by atoms with Crippen molar-refractivity contribution in [3.8, 4) is 0 Å². The predicted molar refractivity (Wildman–Crippen MR) is 278 cm³/mol. The number of carbonyl (C=O) groups excluding carboxylic acids is 1. The Morgan fingerprint density at radius 2 is 1.60 bits per heavy atom. The Labute approximate surface area is 445 Å². The molecule has 0 radical (unpaired) electrons. The van der Waals surface area contributed by atoms with E-state index in [9.17, 15) is 38.0 Å². The van der Waals surface area contributed by atoms with E-state index in [1.165, 1.54) is 44.9 Å². The van der Waals surface area contributed by atoms with Crippen LogP contribution in [0.15, 0.2) is 35.4 Å². The summed E-state index contributed by atoms with van der Waals surface area (Å²) in [7, 11) is 6.00. The molecule has 4 N–H and O–H groups in total. The molecule has 430 valence electrons. The van der Waals surface area contributed by atoms with Gasteiger partial charge in [0, 0.05) is 84.9 Å². The molecular formula is C53H91FN6O14S.